The van der Waals surface area contributed by atoms with Gasteiger partial charge in [0.1, 0.15) is 0 Å². The van der Waals surface area contributed by atoms with E-state index in [4.69, 9.17) is 23.2 Å². The van der Waals surface area contributed by atoms with Gasteiger partial charge in [0, 0.05) is 14.9 Å². The number of alkyl halides is 1. The Hall–Kier alpha value is 0.280. The Balaban J connectivity index is 1.55. The minimum atomic E-state index is 0.360. The van der Waals surface area contributed by atoms with Crippen LogP contribution in [0.1, 0.15) is 55.3 Å². The summed E-state index contributed by atoms with van der Waals surface area (Å²) in [6.45, 7) is 0. The topological polar surface area (TPSA) is 0 Å². The van der Waals surface area contributed by atoms with E-state index >= 15 is 0 Å². The van der Waals surface area contributed by atoms with E-state index in [9.17, 15) is 0 Å². The molecule has 1 atom stereocenters. The van der Waals surface area contributed by atoms with Crippen LogP contribution in [-0.2, 0) is 0 Å². The first-order valence-corrected chi connectivity index (χ1v) is 9.79. The van der Waals surface area contributed by atoms with Gasteiger partial charge in [0.2, 0.25) is 0 Å². The summed E-state index contributed by atoms with van der Waals surface area (Å²) < 4.78 is 0. The van der Waals surface area contributed by atoms with Gasteiger partial charge in [0.25, 0.3) is 0 Å². The molecule has 0 radical (unpaired) electrons. The Labute approximate surface area is 145 Å². The van der Waals surface area contributed by atoms with Crippen LogP contribution in [0.15, 0.2) is 18.2 Å². The van der Waals surface area contributed by atoms with Crippen molar-refractivity contribution in [3.05, 3.63) is 33.8 Å². The van der Waals surface area contributed by atoms with E-state index in [-0.39, 0.29) is 0 Å². The highest BCUT2D eigenvalue weighted by Crippen LogP contribution is 2.63. The van der Waals surface area contributed by atoms with Gasteiger partial charge in [0.05, 0.1) is 0 Å². The molecule has 1 aromatic carbocycles. The molecule has 5 rings (SSSR count). The van der Waals surface area contributed by atoms with Crippen molar-refractivity contribution in [2.75, 3.05) is 0 Å². The molecule has 0 aromatic heterocycles. The summed E-state index contributed by atoms with van der Waals surface area (Å²) in [4.78, 5) is 0.360. The quantitative estimate of drug-likeness (QED) is 0.488. The fraction of sp³-hybridized carbons (Fsp3) is 0.667. The lowest BCUT2D eigenvalue weighted by Crippen LogP contribution is -2.46. The summed E-state index contributed by atoms with van der Waals surface area (Å²) in [5.41, 5.74) is 1.78. The van der Waals surface area contributed by atoms with Crippen molar-refractivity contribution in [1.82, 2.24) is 0 Å². The van der Waals surface area contributed by atoms with Crippen LogP contribution < -0.4 is 0 Å². The van der Waals surface area contributed by atoms with Crippen molar-refractivity contribution in [2.24, 2.45) is 23.2 Å². The van der Waals surface area contributed by atoms with E-state index in [0.29, 0.717) is 10.2 Å². The zero-order valence-corrected chi connectivity index (χ0v) is 15.2. The highest BCUT2D eigenvalue weighted by atomic mass is 79.9. The fourth-order valence-electron chi connectivity index (χ4n) is 5.79. The highest BCUT2D eigenvalue weighted by molar-refractivity contribution is 9.09. The van der Waals surface area contributed by atoms with E-state index in [0.717, 1.165) is 27.8 Å². The van der Waals surface area contributed by atoms with Gasteiger partial charge in [-0.05, 0) is 85.8 Å². The second-order valence-corrected chi connectivity index (χ2v) is 9.70. The molecule has 0 aliphatic heterocycles. The van der Waals surface area contributed by atoms with Gasteiger partial charge in [-0.15, -0.1) is 0 Å². The highest BCUT2D eigenvalue weighted by Gasteiger charge is 2.51. The molecule has 0 nitrogen and oxygen atoms in total. The molecule has 4 saturated carbocycles. The first-order valence-electron chi connectivity index (χ1n) is 8.12. The van der Waals surface area contributed by atoms with Crippen molar-refractivity contribution >= 4 is 39.1 Å². The van der Waals surface area contributed by atoms with Crippen molar-refractivity contribution < 1.29 is 0 Å². The standard InChI is InChI=1S/C18H21BrCl2/c19-16(15-2-1-14(20)6-17(15)21)10-18-7-11-3-12(8-18)5-13(4-11)9-18/h1-2,6,11-13,16H,3-5,7-10H2. The third-order valence-corrected chi connectivity index (χ3v) is 7.46. The molecule has 0 spiro atoms. The average molecular weight is 388 g/mol. The molecule has 1 aromatic rings. The predicted octanol–water partition coefficient (Wildman–Crippen LogP) is 7.04. The second-order valence-electron chi connectivity index (χ2n) is 7.76. The van der Waals surface area contributed by atoms with Gasteiger partial charge in [-0.25, -0.2) is 0 Å². The summed E-state index contributed by atoms with van der Waals surface area (Å²) >= 11 is 16.3. The molecule has 4 aliphatic rings. The van der Waals surface area contributed by atoms with Crippen molar-refractivity contribution in [3.8, 4) is 0 Å². The third-order valence-electron chi connectivity index (χ3n) is 6.08. The van der Waals surface area contributed by atoms with Gasteiger partial charge in [0.15, 0.2) is 0 Å². The predicted molar refractivity (Wildman–Crippen MR) is 93.4 cm³/mol. The zero-order valence-electron chi connectivity index (χ0n) is 12.1. The van der Waals surface area contributed by atoms with Gasteiger partial charge in [-0.3, -0.25) is 0 Å². The van der Waals surface area contributed by atoms with E-state index < -0.39 is 0 Å². The molecule has 0 N–H and O–H groups in total. The molecule has 4 aliphatic carbocycles. The molecular formula is C18H21BrCl2. The van der Waals surface area contributed by atoms with Crippen molar-refractivity contribution in [3.63, 3.8) is 0 Å². The van der Waals surface area contributed by atoms with Crippen LogP contribution in [-0.4, -0.2) is 0 Å². The minimum absolute atomic E-state index is 0.360. The molecule has 0 saturated heterocycles. The molecule has 0 amide bonds. The molecule has 1 unspecified atom stereocenters. The number of rotatable bonds is 3. The first kappa shape index (κ1) is 14.8. The van der Waals surface area contributed by atoms with E-state index in [1.807, 2.05) is 12.1 Å². The van der Waals surface area contributed by atoms with Gasteiger partial charge < -0.3 is 0 Å². The largest absolute Gasteiger partial charge is 0.0843 e. The summed E-state index contributed by atoms with van der Waals surface area (Å²) in [5.74, 6) is 3.03. The maximum absolute atomic E-state index is 6.40. The van der Waals surface area contributed by atoms with Gasteiger partial charge >= 0.3 is 0 Å². The molecular weight excluding hydrogens is 367 g/mol. The Bertz CT molecular complexity index is 519. The van der Waals surface area contributed by atoms with E-state index in [2.05, 4.69) is 22.0 Å². The Kier molecular flexibility index (Phi) is 3.83. The number of hydrogen-bond donors (Lipinski definition) is 0. The lowest BCUT2D eigenvalue weighted by atomic mass is 9.48. The SMILES string of the molecule is Clc1ccc(C(Br)CC23CC4CC(CC(C4)C2)C3)c(Cl)c1. The fourth-order valence-corrected chi connectivity index (χ4v) is 7.54. The Morgan fingerprint density at radius 2 is 1.62 bits per heavy atom. The lowest BCUT2D eigenvalue weighted by molar-refractivity contribution is -0.0571. The smallest absolute Gasteiger partial charge is 0.0464 e. The van der Waals surface area contributed by atoms with Crippen molar-refractivity contribution in [2.45, 2.75) is 49.8 Å². The summed E-state index contributed by atoms with van der Waals surface area (Å²) in [6.07, 6.45) is 10.1. The Morgan fingerprint density at radius 3 is 2.14 bits per heavy atom. The maximum atomic E-state index is 6.40. The number of halogens is 3. The average Bonchev–Trinajstić information content (AvgIpc) is 2.35. The summed E-state index contributed by atoms with van der Waals surface area (Å²) in [6, 6.07) is 5.91. The third kappa shape index (κ3) is 2.79. The van der Waals surface area contributed by atoms with Gasteiger partial charge in [-0.1, -0.05) is 45.2 Å². The Morgan fingerprint density at radius 1 is 1.05 bits per heavy atom. The normalized spacial score (nSPS) is 38.7. The first-order chi connectivity index (χ1) is 10.0. The molecule has 21 heavy (non-hydrogen) atoms. The molecule has 4 bridgehead atoms. The van der Waals surface area contributed by atoms with Crippen LogP contribution in [0.2, 0.25) is 10.0 Å². The molecule has 0 heterocycles. The van der Waals surface area contributed by atoms with Crippen LogP contribution in [0, 0.1) is 23.2 Å². The monoisotopic (exact) mass is 386 g/mol. The minimum Gasteiger partial charge on any atom is -0.0843 e. The van der Waals surface area contributed by atoms with Crippen molar-refractivity contribution in [1.29, 1.82) is 0 Å². The summed E-state index contributed by atoms with van der Waals surface area (Å²) in [5, 5.41) is 1.52. The van der Waals surface area contributed by atoms with E-state index in [1.54, 1.807) is 0 Å². The summed E-state index contributed by atoms with van der Waals surface area (Å²) in [7, 11) is 0. The van der Waals surface area contributed by atoms with Crippen LogP contribution >= 0.6 is 39.1 Å². The number of hydrogen-bond acceptors (Lipinski definition) is 0. The molecule has 4 fully saturated rings. The molecule has 3 heteroatoms. The van der Waals surface area contributed by atoms with Crippen LogP contribution in [0.5, 0.6) is 0 Å². The molecule has 114 valence electrons. The van der Waals surface area contributed by atoms with Crippen LogP contribution in [0.3, 0.4) is 0 Å². The van der Waals surface area contributed by atoms with Crippen LogP contribution in [0.4, 0.5) is 0 Å². The second kappa shape index (κ2) is 5.42. The lowest BCUT2D eigenvalue weighted by Gasteiger charge is -2.57. The maximum Gasteiger partial charge on any atom is 0.0464 e. The number of benzene rings is 1. The van der Waals surface area contributed by atoms with E-state index in [1.165, 1.54) is 50.5 Å². The van der Waals surface area contributed by atoms with Gasteiger partial charge in [-0.2, -0.15) is 0 Å². The van der Waals surface area contributed by atoms with Crippen LogP contribution in [0.25, 0.3) is 0 Å². The zero-order chi connectivity index (χ0) is 14.6.